The normalized spacial score (nSPS) is 17.6. The van der Waals surface area contributed by atoms with Crippen molar-refractivity contribution in [1.29, 1.82) is 0 Å². The SMILES string of the molecule is CCC1(CO)CCN(C(=O)NCC(C)(C)c2ccc(F)cc2)CC1. The zero-order valence-corrected chi connectivity index (χ0v) is 14.9. The predicted molar refractivity (Wildman–Crippen MR) is 93.4 cm³/mol. The number of urea groups is 1. The van der Waals surface area contributed by atoms with Gasteiger partial charge in [0.25, 0.3) is 0 Å². The predicted octanol–water partition coefficient (Wildman–Crippen LogP) is 3.30. The van der Waals surface area contributed by atoms with Crippen molar-refractivity contribution in [1.82, 2.24) is 10.2 Å². The van der Waals surface area contributed by atoms with Crippen LogP contribution < -0.4 is 5.32 Å². The van der Waals surface area contributed by atoms with E-state index >= 15 is 0 Å². The molecule has 1 fully saturated rings. The van der Waals surface area contributed by atoms with Crippen molar-refractivity contribution in [2.24, 2.45) is 5.41 Å². The minimum absolute atomic E-state index is 0.0236. The topological polar surface area (TPSA) is 52.6 Å². The first-order valence-electron chi connectivity index (χ1n) is 8.72. The van der Waals surface area contributed by atoms with Gasteiger partial charge in [0.05, 0.1) is 0 Å². The molecule has 0 aromatic heterocycles. The minimum Gasteiger partial charge on any atom is -0.396 e. The van der Waals surface area contributed by atoms with Crippen LogP contribution in [-0.2, 0) is 5.41 Å². The molecule has 1 aromatic carbocycles. The highest BCUT2D eigenvalue weighted by molar-refractivity contribution is 5.74. The number of amides is 2. The third-order valence-electron chi connectivity index (χ3n) is 5.50. The molecule has 0 bridgehead atoms. The Bertz CT molecular complexity index is 543. The van der Waals surface area contributed by atoms with Crippen LogP contribution in [-0.4, -0.2) is 42.3 Å². The van der Waals surface area contributed by atoms with Crippen LogP contribution in [0.1, 0.15) is 45.6 Å². The number of carbonyl (C=O) groups excluding carboxylic acids is 1. The second kappa shape index (κ2) is 7.51. The van der Waals surface area contributed by atoms with Crippen LogP contribution in [0.2, 0.25) is 0 Å². The maximum absolute atomic E-state index is 13.1. The van der Waals surface area contributed by atoms with Crippen molar-refractivity contribution >= 4 is 6.03 Å². The number of piperidine rings is 1. The third kappa shape index (κ3) is 4.26. The van der Waals surface area contributed by atoms with Crippen molar-refractivity contribution in [2.75, 3.05) is 26.2 Å². The molecule has 0 spiro atoms. The first kappa shape index (κ1) is 18.7. The van der Waals surface area contributed by atoms with Gasteiger partial charge < -0.3 is 15.3 Å². The molecule has 2 N–H and O–H groups in total. The van der Waals surface area contributed by atoms with Crippen LogP contribution in [0.4, 0.5) is 9.18 Å². The molecule has 2 amide bonds. The molecule has 2 rings (SSSR count). The van der Waals surface area contributed by atoms with Gasteiger partial charge in [0, 0.05) is 31.7 Å². The van der Waals surface area contributed by atoms with Crippen molar-refractivity contribution in [3.05, 3.63) is 35.6 Å². The highest BCUT2D eigenvalue weighted by Crippen LogP contribution is 2.34. The zero-order valence-electron chi connectivity index (χ0n) is 14.9. The van der Waals surface area contributed by atoms with Gasteiger partial charge in [-0.3, -0.25) is 0 Å². The van der Waals surface area contributed by atoms with E-state index in [0.29, 0.717) is 19.6 Å². The minimum atomic E-state index is -0.266. The van der Waals surface area contributed by atoms with Gasteiger partial charge in [-0.05, 0) is 42.4 Å². The molecule has 4 nitrogen and oxygen atoms in total. The molecule has 5 heteroatoms. The number of nitrogens with zero attached hydrogens (tertiary/aromatic N) is 1. The van der Waals surface area contributed by atoms with Gasteiger partial charge in [-0.1, -0.05) is 32.9 Å². The standard InChI is InChI=1S/C19H29FN2O2/c1-4-19(14-23)9-11-22(12-10-19)17(24)21-13-18(2,3)15-5-7-16(20)8-6-15/h5-8,23H,4,9-14H2,1-3H3,(H,21,24). The number of nitrogens with one attached hydrogen (secondary N) is 1. The lowest BCUT2D eigenvalue weighted by atomic mass is 9.77. The van der Waals surface area contributed by atoms with Crippen LogP contribution in [0.15, 0.2) is 24.3 Å². The summed E-state index contributed by atoms with van der Waals surface area (Å²) in [7, 11) is 0. The Morgan fingerprint density at radius 3 is 2.38 bits per heavy atom. The summed E-state index contributed by atoms with van der Waals surface area (Å²) < 4.78 is 13.1. The Hall–Kier alpha value is -1.62. The first-order chi connectivity index (χ1) is 11.3. The summed E-state index contributed by atoms with van der Waals surface area (Å²) in [6.07, 6.45) is 2.63. The number of benzene rings is 1. The Labute approximate surface area is 144 Å². The van der Waals surface area contributed by atoms with Crippen LogP contribution in [0, 0.1) is 11.2 Å². The van der Waals surface area contributed by atoms with Gasteiger partial charge in [-0.15, -0.1) is 0 Å². The average Bonchev–Trinajstić information content (AvgIpc) is 2.60. The van der Waals surface area contributed by atoms with Gasteiger partial charge in [-0.25, -0.2) is 9.18 Å². The van der Waals surface area contributed by atoms with Crippen LogP contribution >= 0.6 is 0 Å². The molecule has 1 heterocycles. The molecule has 0 atom stereocenters. The van der Waals surface area contributed by atoms with Gasteiger partial charge in [-0.2, -0.15) is 0 Å². The number of hydrogen-bond acceptors (Lipinski definition) is 2. The molecule has 0 unspecified atom stereocenters. The average molecular weight is 336 g/mol. The summed E-state index contributed by atoms with van der Waals surface area (Å²) in [5.74, 6) is -0.254. The zero-order chi connectivity index (χ0) is 17.8. The summed E-state index contributed by atoms with van der Waals surface area (Å²) in [6, 6.07) is 6.36. The van der Waals surface area contributed by atoms with Crippen LogP contribution in [0.25, 0.3) is 0 Å². The number of halogens is 1. The Balaban J connectivity index is 1.88. The lowest BCUT2D eigenvalue weighted by Gasteiger charge is -2.40. The van der Waals surface area contributed by atoms with E-state index in [1.165, 1.54) is 12.1 Å². The number of hydrogen-bond donors (Lipinski definition) is 2. The fourth-order valence-electron chi connectivity index (χ4n) is 3.22. The molecule has 1 aromatic rings. The van der Waals surface area contributed by atoms with E-state index in [1.807, 2.05) is 18.7 Å². The number of likely N-dealkylation sites (tertiary alicyclic amines) is 1. The van der Waals surface area contributed by atoms with Crippen molar-refractivity contribution in [3.8, 4) is 0 Å². The molecule has 1 aliphatic heterocycles. The first-order valence-corrected chi connectivity index (χ1v) is 8.72. The molecule has 0 saturated carbocycles. The Morgan fingerprint density at radius 2 is 1.88 bits per heavy atom. The van der Waals surface area contributed by atoms with E-state index in [4.69, 9.17) is 0 Å². The fraction of sp³-hybridized carbons (Fsp3) is 0.632. The fourth-order valence-corrected chi connectivity index (χ4v) is 3.22. The van der Waals surface area contributed by atoms with Gasteiger partial charge >= 0.3 is 6.03 Å². The molecule has 24 heavy (non-hydrogen) atoms. The van der Waals surface area contributed by atoms with Crippen molar-refractivity contribution < 1.29 is 14.3 Å². The van der Waals surface area contributed by atoms with Crippen LogP contribution in [0.5, 0.6) is 0 Å². The molecular formula is C19H29FN2O2. The summed E-state index contributed by atoms with van der Waals surface area (Å²) in [6.45, 7) is 8.20. The molecule has 1 saturated heterocycles. The molecule has 0 radical (unpaired) electrons. The van der Waals surface area contributed by atoms with E-state index in [-0.39, 0.29) is 29.3 Å². The lowest BCUT2D eigenvalue weighted by molar-refractivity contribution is 0.0518. The third-order valence-corrected chi connectivity index (χ3v) is 5.50. The highest BCUT2D eigenvalue weighted by Gasteiger charge is 2.34. The summed E-state index contributed by atoms with van der Waals surface area (Å²) in [5, 5.41) is 12.6. The van der Waals surface area contributed by atoms with Crippen molar-refractivity contribution in [3.63, 3.8) is 0 Å². The number of carbonyl (C=O) groups is 1. The smallest absolute Gasteiger partial charge is 0.317 e. The summed E-state index contributed by atoms with van der Waals surface area (Å²) >= 11 is 0. The molecule has 0 aliphatic carbocycles. The van der Waals surface area contributed by atoms with E-state index in [1.54, 1.807) is 12.1 Å². The van der Waals surface area contributed by atoms with Crippen LogP contribution in [0.3, 0.4) is 0 Å². The molecular weight excluding hydrogens is 307 g/mol. The van der Waals surface area contributed by atoms with E-state index in [9.17, 15) is 14.3 Å². The second-order valence-electron chi connectivity index (χ2n) is 7.55. The maximum atomic E-state index is 13.1. The molecule has 134 valence electrons. The monoisotopic (exact) mass is 336 g/mol. The van der Waals surface area contributed by atoms with Gasteiger partial charge in [0.15, 0.2) is 0 Å². The quantitative estimate of drug-likeness (QED) is 0.867. The Kier molecular flexibility index (Phi) is 5.86. The summed E-state index contributed by atoms with van der Waals surface area (Å²) in [4.78, 5) is 14.2. The van der Waals surface area contributed by atoms with Crippen molar-refractivity contribution in [2.45, 2.75) is 45.4 Å². The summed E-state index contributed by atoms with van der Waals surface area (Å²) in [5.41, 5.74) is 0.704. The maximum Gasteiger partial charge on any atom is 0.317 e. The largest absolute Gasteiger partial charge is 0.396 e. The molecule has 1 aliphatic rings. The van der Waals surface area contributed by atoms with E-state index in [0.717, 1.165) is 24.8 Å². The van der Waals surface area contributed by atoms with Gasteiger partial charge in [0.1, 0.15) is 5.82 Å². The Morgan fingerprint density at radius 1 is 1.29 bits per heavy atom. The van der Waals surface area contributed by atoms with E-state index < -0.39 is 0 Å². The lowest BCUT2D eigenvalue weighted by Crippen LogP contribution is -2.50. The van der Waals surface area contributed by atoms with Gasteiger partial charge in [0.2, 0.25) is 0 Å². The number of rotatable bonds is 5. The van der Waals surface area contributed by atoms with E-state index in [2.05, 4.69) is 12.2 Å². The number of aliphatic hydroxyl groups excluding tert-OH is 1. The number of aliphatic hydroxyl groups is 1. The second-order valence-corrected chi connectivity index (χ2v) is 7.55. The highest BCUT2D eigenvalue weighted by atomic mass is 19.1.